The van der Waals surface area contributed by atoms with Gasteiger partial charge in [0, 0.05) is 5.56 Å². The van der Waals surface area contributed by atoms with Crippen LogP contribution in [0.3, 0.4) is 0 Å². The number of amides is 1. The summed E-state index contributed by atoms with van der Waals surface area (Å²) in [6.07, 6.45) is 1.14. The lowest BCUT2D eigenvalue weighted by atomic mass is 9.95. The number of hydrogen-bond acceptors (Lipinski definition) is 2. The third-order valence-electron chi connectivity index (χ3n) is 4.26. The second-order valence-corrected chi connectivity index (χ2v) is 6.83. The first kappa shape index (κ1) is 16.7. The van der Waals surface area contributed by atoms with Crippen molar-refractivity contribution in [2.75, 3.05) is 0 Å². The number of carbonyl (C=O) groups excluding carboxylic acids is 1. The summed E-state index contributed by atoms with van der Waals surface area (Å²) in [6.45, 7) is 6.30. The molecule has 3 nitrogen and oxygen atoms in total. The molecular weight excluding hydrogens is 292 g/mol. The summed E-state index contributed by atoms with van der Waals surface area (Å²) in [5.74, 6) is 0.292. The van der Waals surface area contributed by atoms with E-state index in [1.807, 2.05) is 18.3 Å². The Morgan fingerprint density at radius 1 is 1.18 bits per heavy atom. The molecule has 0 aliphatic carbocycles. The summed E-state index contributed by atoms with van der Waals surface area (Å²) in [4.78, 5) is 12.7. The molecule has 1 aromatic carbocycles. The molecule has 0 unspecified atom stereocenters. The smallest absolute Gasteiger partial charge is 0.275 e. The number of nitrogens with two attached hydrogens (primary N) is 2. The number of quaternary nitrogens is 1. The zero-order valence-corrected chi connectivity index (χ0v) is 14.3. The van der Waals surface area contributed by atoms with E-state index in [9.17, 15) is 4.79 Å². The molecular formula is C18H25N2OS+. The molecule has 1 amide bonds. The van der Waals surface area contributed by atoms with Crippen molar-refractivity contribution >= 4 is 17.2 Å². The van der Waals surface area contributed by atoms with Gasteiger partial charge in [-0.2, -0.15) is 0 Å². The van der Waals surface area contributed by atoms with Crippen molar-refractivity contribution in [2.45, 2.75) is 45.2 Å². The van der Waals surface area contributed by atoms with Crippen molar-refractivity contribution in [3.63, 3.8) is 0 Å². The number of thiophene rings is 1. The Morgan fingerprint density at radius 2 is 1.82 bits per heavy atom. The second-order valence-electron chi connectivity index (χ2n) is 5.85. The van der Waals surface area contributed by atoms with Gasteiger partial charge in [0.1, 0.15) is 6.04 Å². The predicted octanol–water partition coefficient (Wildman–Crippen LogP) is 2.79. The van der Waals surface area contributed by atoms with Gasteiger partial charge in [-0.25, -0.2) is 0 Å². The Bertz CT molecular complexity index is 592. The van der Waals surface area contributed by atoms with Gasteiger partial charge < -0.3 is 11.1 Å². The zero-order chi connectivity index (χ0) is 16.1. The predicted molar refractivity (Wildman–Crippen MR) is 91.9 cm³/mol. The van der Waals surface area contributed by atoms with Crippen LogP contribution in [0.5, 0.6) is 0 Å². The summed E-state index contributed by atoms with van der Waals surface area (Å²) in [6, 6.07) is 12.8. The fourth-order valence-corrected chi connectivity index (χ4v) is 3.32. The highest BCUT2D eigenvalue weighted by Crippen LogP contribution is 2.25. The first-order valence-electron chi connectivity index (χ1n) is 7.80. The van der Waals surface area contributed by atoms with E-state index in [4.69, 9.17) is 5.73 Å². The molecule has 0 aliphatic rings. The molecule has 2 aromatic rings. The van der Waals surface area contributed by atoms with Crippen molar-refractivity contribution in [2.24, 2.45) is 5.73 Å². The zero-order valence-electron chi connectivity index (χ0n) is 13.5. The van der Waals surface area contributed by atoms with Crippen LogP contribution in [0, 0.1) is 0 Å². The van der Waals surface area contributed by atoms with Crippen LogP contribution in [0.25, 0.3) is 0 Å². The molecule has 2 rings (SSSR count). The van der Waals surface area contributed by atoms with Gasteiger partial charge in [-0.1, -0.05) is 44.2 Å². The first-order chi connectivity index (χ1) is 10.5. The van der Waals surface area contributed by atoms with Crippen molar-refractivity contribution in [1.82, 2.24) is 0 Å². The third kappa shape index (κ3) is 3.96. The van der Waals surface area contributed by atoms with E-state index in [1.165, 1.54) is 16.0 Å². The average Bonchev–Trinajstić information content (AvgIpc) is 3.05. The first-order valence-corrected chi connectivity index (χ1v) is 8.68. The Balaban J connectivity index is 2.27. The quantitative estimate of drug-likeness (QED) is 0.810. The minimum atomic E-state index is -0.280. The van der Waals surface area contributed by atoms with Gasteiger partial charge in [0.25, 0.3) is 5.91 Å². The van der Waals surface area contributed by atoms with E-state index in [0.29, 0.717) is 5.92 Å². The minimum absolute atomic E-state index is 0.119. The van der Waals surface area contributed by atoms with Crippen LogP contribution >= 0.6 is 11.3 Å². The maximum absolute atomic E-state index is 11.4. The largest absolute Gasteiger partial charge is 0.365 e. The van der Waals surface area contributed by atoms with Gasteiger partial charge >= 0.3 is 0 Å². The minimum Gasteiger partial charge on any atom is -0.365 e. The number of hydrogen-bond donors (Lipinski definition) is 2. The molecule has 1 heterocycles. The standard InChI is InChI=1S/C18H24N2OS/c1-4-12(2)14-7-9-15(10-8-14)17(16-6-5-11-22-16)20-13(3)18(19)21/h5-13,17,20H,4H2,1-3H3,(H2,19,21)/p+1/t12-,13-,17-/m0/s1. The summed E-state index contributed by atoms with van der Waals surface area (Å²) in [5.41, 5.74) is 8.00. The highest BCUT2D eigenvalue weighted by molar-refractivity contribution is 7.10. The van der Waals surface area contributed by atoms with E-state index in [0.717, 1.165) is 6.42 Å². The molecule has 0 bridgehead atoms. The lowest BCUT2D eigenvalue weighted by Crippen LogP contribution is -2.92. The lowest BCUT2D eigenvalue weighted by molar-refractivity contribution is -0.704. The molecule has 118 valence electrons. The molecule has 1 aromatic heterocycles. The number of carbonyl (C=O) groups is 1. The lowest BCUT2D eigenvalue weighted by Gasteiger charge is -2.19. The molecule has 0 spiro atoms. The second kappa shape index (κ2) is 7.56. The molecule has 0 radical (unpaired) electrons. The molecule has 3 atom stereocenters. The van der Waals surface area contributed by atoms with Crippen LogP contribution < -0.4 is 11.1 Å². The highest BCUT2D eigenvalue weighted by Gasteiger charge is 2.24. The average molecular weight is 317 g/mol. The van der Waals surface area contributed by atoms with E-state index in [2.05, 4.69) is 49.6 Å². The molecule has 22 heavy (non-hydrogen) atoms. The van der Waals surface area contributed by atoms with Crippen LogP contribution in [-0.2, 0) is 4.79 Å². The maximum atomic E-state index is 11.4. The van der Waals surface area contributed by atoms with Crippen LogP contribution in [0.4, 0.5) is 0 Å². The van der Waals surface area contributed by atoms with Crippen LogP contribution in [0.15, 0.2) is 41.8 Å². The van der Waals surface area contributed by atoms with Crippen molar-refractivity contribution < 1.29 is 10.1 Å². The van der Waals surface area contributed by atoms with Gasteiger partial charge in [-0.05, 0) is 36.3 Å². The van der Waals surface area contributed by atoms with Gasteiger partial charge in [-0.3, -0.25) is 4.79 Å². The van der Waals surface area contributed by atoms with Gasteiger partial charge in [0.15, 0.2) is 6.04 Å². The van der Waals surface area contributed by atoms with E-state index >= 15 is 0 Å². The molecule has 4 heteroatoms. The van der Waals surface area contributed by atoms with Crippen LogP contribution in [0.1, 0.15) is 55.2 Å². The van der Waals surface area contributed by atoms with Gasteiger partial charge in [0.05, 0.1) is 4.88 Å². The monoisotopic (exact) mass is 317 g/mol. The molecule has 0 saturated carbocycles. The molecule has 0 fully saturated rings. The SMILES string of the molecule is CC[C@H](C)c1ccc([C@H]([NH2+][C@@H](C)C(N)=O)c2cccs2)cc1. The third-order valence-corrected chi connectivity index (χ3v) is 5.21. The van der Waals surface area contributed by atoms with Crippen molar-refractivity contribution in [3.8, 4) is 0 Å². The summed E-state index contributed by atoms with van der Waals surface area (Å²) >= 11 is 1.71. The van der Waals surface area contributed by atoms with Crippen molar-refractivity contribution in [1.29, 1.82) is 0 Å². The Labute approximate surface area is 136 Å². The summed E-state index contributed by atoms with van der Waals surface area (Å²) < 4.78 is 0. The Kier molecular flexibility index (Phi) is 5.75. The fourth-order valence-electron chi connectivity index (χ4n) is 2.49. The van der Waals surface area contributed by atoms with Gasteiger partial charge in [0.2, 0.25) is 0 Å². The number of primary amides is 1. The van der Waals surface area contributed by atoms with E-state index < -0.39 is 0 Å². The maximum Gasteiger partial charge on any atom is 0.275 e. The van der Waals surface area contributed by atoms with E-state index in [1.54, 1.807) is 11.3 Å². The molecule has 0 aliphatic heterocycles. The fraction of sp³-hybridized carbons (Fsp3) is 0.389. The Hall–Kier alpha value is -1.65. The van der Waals surface area contributed by atoms with E-state index in [-0.39, 0.29) is 18.0 Å². The Morgan fingerprint density at radius 3 is 2.32 bits per heavy atom. The van der Waals surface area contributed by atoms with Crippen LogP contribution in [-0.4, -0.2) is 11.9 Å². The topological polar surface area (TPSA) is 59.7 Å². The summed E-state index contributed by atoms with van der Waals surface area (Å²) in [5, 5.41) is 4.12. The highest BCUT2D eigenvalue weighted by atomic mass is 32.1. The summed E-state index contributed by atoms with van der Waals surface area (Å²) in [7, 11) is 0. The normalized spacial score (nSPS) is 15.2. The van der Waals surface area contributed by atoms with Crippen LogP contribution in [0.2, 0.25) is 0 Å². The molecule has 0 saturated heterocycles. The van der Waals surface area contributed by atoms with Gasteiger partial charge in [-0.15, -0.1) is 11.3 Å². The van der Waals surface area contributed by atoms with Crippen molar-refractivity contribution in [3.05, 3.63) is 57.8 Å². The molecule has 4 N–H and O–H groups in total. The number of rotatable bonds is 7. The number of benzene rings is 1.